The first-order valence-corrected chi connectivity index (χ1v) is 9.14. The Bertz CT molecular complexity index is 736. The molecule has 0 bridgehead atoms. The van der Waals surface area contributed by atoms with Crippen LogP contribution in [-0.2, 0) is 4.74 Å². The quantitative estimate of drug-likeness (QED) is 0.641. The average molecular weight is 352 g/mol. The number of ether oxygens (including phenoxy) is 1. The largest absolute Gasteiger partial charge is 0.379 e. The predicted octanol–water partition coefficient (Wildman–Crippen LogP) is 3.10. The highest BCUT2D eigenvalue weighted by Gasteiger charge is 2.22. The number of aliphatic imine (C=N–C) groups is 1. The molecule has 0 aromatic heterocycles. The van der Waals surface area contributed by atoms with E-state index in [-0.39, 0.29) is 6.04 Å². The number of nitrogens with one attached hydrogen (secondary N) is 1. The summed E-state index contributed by atoms with van der Waals surface area (Å²) in [7, 11) is 0. The Morgan fingerprint density at radius 3 is 2.54 bits per heavy atom. The van der Waals surface area contributed by atoms with Crippen molar-refractivity contribution in [2.75, 3.05) is 38.2 Å². The third-order valence-electron chi connectivity index (χ3n) is 4.67. The van der Waals surface area contributed by atoms with Gasteiger partial charge in [0.1, 0.15) is 0 Å². The topological polar surface area (TPSA) is 62.9 Å². The number of aryl methyl sites for hydroxylation is 2. The third-order valence-corrected chi connectivity index (χ3v) is 4.67. The van der Waals surface area contributed by atoms with E-state index in [0.29, 0.717) is 12.5 Å². The molecule has 1 fully saturated rings. The van der Waals surface area contributed by atoms with Gasteiger partial charge in [-0.25, -0.2) is 0 Å². The average Bonchev–Trinajstić information content (AvgIpc) is 2.65. The third kappa shape index (κ3) is 5.07. The number of anilines is 1. The van der Waals surface area contributed by atoms with Gasteiger partial charge in [-0.05, 0) is 31.5 Å². The molecule has 5 nitrogen and oxygen atoms in total. The Balaban J connectivity index is 1.73. The molecule has 0 radical (unpaired) electrons. The molecule has 2 aromatic rings. The van der Waals surface area contributed by atoms with Gasteiger partial charge in [-0.3, -0.25) is 9.89 Å². The maximum Gasteiger partial charge on any atom is 0.193 e. The fourth-order valence-corrected chi connectivity index (χ4v) is 3.21. The SMILES string of the molecule is Cc1ccc(NC(N)=NCC(c2cccc(C)c2)N2CCOCC2)cc1. The second kappa shape index (κ2) is 8.83. The maximum absolute atomic E-state index is 6.13. The van der Waals surface area contributed by atoms with E-state index in [2.05, 4.69) is 65.5 Å². The van der Waals surface area contributed by atoms with Crippen LogP contribution in [0.15, 0.2) is 53.5 Å². The summed E-state index contributed by atoms with van der Waals surface area (Å²) in [5.74, 6) is 0.444. The van der Waals surface area contributed by atoms with Crippen LogP contribution < -0.4 is 11.1 Å². The molecule has 0 amide bonds. The van der Waals surface area contributed by atoms with Crippen molar-refractivity contribution >= 4 is 11.6 Å². The number of guanidine groups is 1. The predicted molar refractivity (Wildman–Crippen MR) is 108 cm³/mol. The van der Waals surface area contributed by atoms with Gasteiger partial charge in [-0.1, -0.05) is 47.5 Å². The molecule has 0 saturated carbocycles. The van der Waals surface area contributed by atoms with Gasteiger partial charge in [-0.15, -0.1) is 0 Å². The first-order valence-electron chi connectivity index (χ1n) is 9.14. The van der Waals surface area contributed by atoms with Crippen LogP contribution in [0.25, 0.3) is 0 Å². The normalized spacial score (nSPS) is 17.1. The molecule has 0 spiro atoms. The number of morpholine rings is 1. The number of benzene rings is 2. The number of hydrogen-bond acceptors (Lipinski definition) is 3. The zero-order chi connectivity index (χ0) is 18.4. The summed E-state index contributed by atoms with van der Waals surface area (Å²) < 4.78 is 5.51. The lowest BCUT2D eigenvalue weighted by atomic mass is 10.0. The Kier molecular flexibility index (Phi) is 6.26. The lowest BCUT2D eigenvalue weighted by Crippen LogP contribution is -2.40. The van der Waals surface area contributed by atoms with Crippen LogP contribution in [0.3, 0.4) is 0 Å². The zero-order valence-corrected chi connectivity index (χ0v) is 15.6. The van der Waals surface area contributed by atoms with Gasteiger partial charge in [0.25, 0.3) is 0 Å². The highest BCUT2D eigenvalue weighted by Crippen LogP contribution is 2.23. The highest BCUT2D eigenvalue weighted by atomic mass is 16.5. The number of rotatable bonds is 5. The first kappa shape index (κ1) is 18.4. The molecular formula is C21H28N4O. The molecule has 2 aromatic carbocycles. The van der Waals surface area contributed by atoms with E-state index in [1.165, 1.54) is 16.7 Å². The fourth-order valence-electron chi connectivity index (χ4n) is 3.21. The molecule has 5 heteroatoms. The number of hydrogen-bond donors (Lipinski definition) is 2. The summed E-state index contributed by atoms with van der Waals surface area (Å²) in [4.78, 5) is 7.06. The monoisotopic (exact) mass is 352 g/mol. The summed E-state index contributed by atoms with van der Waals surface area (Å²) in [6.45, 7) is 8.17. The second-order valence-corrected chi connectivity index (χ2v) is 6.80. The number of nitrogens with zero attached hydrogens (tertiary/aromatic N) is 2. The Morgan fingerprint density at radius 1 is 1.12 bits per heavy atom. The minimum atomic E-state index is 0.206. The summed E-state index contributed by atoms with van der Waals surface area (Å²) >= 11 is 0. The molecule has 3 rings (SSSR count). The van der Waals surface area contributed by atoms with E-state index < -0.39 is 0 Å². The van der Waals surface area contributed by atoms with Crippen molar-refractivity contribution in [1.82, 2.24) is 4.90 Å². The molecule has 1 heterocycles. The highest BCUT2D eigenvalue weighted by molar-refractivity contribution is 5.92. The molecule has 1 aliphatic heterocycles. The van der Waals surface area contributed by atoms with Crippen molar-refractivity contribution in [2.45, 2.75) is 19.9 Å². The summed E-state index contributed by atoms with van der Waals surface area (Å²) in [6.07, 6.45) is 0. The molecule has 1 unspecified atom stereocenters. The summed E-state index contributed by atoms with van der Waals surface area (Å²) in [6, 6.07) is 17.0. The molecule has 0 aliphatic carbocycles. The van der Waals surface area contributed by atoms with E-state index in [9.17, 15) is 0 Å². The van der Waals surface area contributed by atoms with E-state index in [1.807, 2.05) is 12.1 Å². The molecule has 138 valence electrons. The Morgan fingerprint density at radius 2 is 1.85 bits per heavy atom. The molecular weight excluding hydrogens is 324 g/mol. The lowest BCUT2D eigenvalue weighted by molar-refractivity contribution is 0.0180. The van der Waals surface area contributed by atoms with Gasteiger partial charge in [0.15, 0.2) is 5.96 Å². The van der Waals surface area contributed by atoms with Crippen LogP contribution in [0.4, 0.5) is 5.69 Å². The van der Waals surface area contributed by atoms with Crippen molar-refractivity contribution in [1.29, 1.82) is 0 Å². The van der Waals surface area contributed by atoms with Gasteiger partial charge in [-0.2, -0.15) is 0 Å². The van der Waals surface area contributed by atoms with Gasteiger partial charge in [0.2, 0.25) is 0 Å². The van der Waals surface area contributed by atoms with Gasteiger partial charge < -0.3 is 15.8 Å². The van der Waals surface area contributed by atoms with E-state index in [4.69, 9.17) is 10.5 Å². The van der Waals surface area contributed by atoms with Crippen LogP contribution in [0, 0.1) is 13.8 Å². The van der Waals surface area contributed by atoms with Gasteiger partial charge in [0, 0.05) is 18.8 Å². The summed E-state index contributed by atoms with van der Waals surface area (Å²) in [5, 5.41) is 3.17. The molecule has 26 heavy (non-hydrogen) atoms. The van der Waals surface area contributed by atoms with Crippen molar-refractivity contribution in [3.63, 3.8) is 0 Å². The van der Waals surface area contributed by atoms with Gasteiger partial charge in [0.05, 0.1) is 25.8 Å². The minimum absolute atomic E-state index is 0.206. The maximum atomic E-state index is 6.13. The molecule has 1 saturated heterocycles. The molecule has 1 aliphatic rings. The van der Waals surface area contributed by atoms with Gasteiger partial charge >= 0.3 is 0 Å². The second-order valence-electron chi connectivity index (χ2n) is 6.80. The number of nitrogens with two attached hydrogens (primary N) is 1. The minimum Gasteiger partial charge on any atom is -0.379 e. The van der Waals surface area contributed by atoms with Crippen LogP contribution >= 0.6 is 0 Å². The molecule has 1 atom stereocenters. The van der Waals surface area contributed by atoms with E-state index in [1.54, 1.807) is 0 Å². The van der Waals surface area contributed by atoms with Crippen molar-refractivity contribution in [3.8, 4) is 0 Å². The van der Waals surface area contributed by atoms with E-state index in [0.717, 1.165) is 32.0 Å². The smallest absolute Gasteiger partial charge is 0.193 e. The molecule has 3 N–H and O–H groups in total. The van der Waals surface area contributed by atoms with E-state index >= 15 is 0 Å². The Hall–Kier alpha value is -2.37. The lowest BCUT2D eigenvalue weighted by Gasteiger charge is -2.34. The first-order chi connectivity index (χ1) is 12.6. The van der Waals surface area contributed by atoms with Crippen LogP contribution in [-0.4, -0.2) is 43.7 Å². The van der Waals surface area contributed by atoms with Crippen LogP contribution in [0.5, 0.6) is 0 Å². The fraction of sp³-hybridized carbons (Fsp3) is 0.381. The van der Waals surface area contributed by atoms with Crippen LogP contribution in [0.2, 0.25) is 0 Å². The van der Waals surface area contributed by atoms with Crippen molar-refractivity contribution < 1.29 is 4.74 Å². The zero-order valence-electron chi connectivity index (χ0n) is 15.6. The summed E-state index contributed by atoms with van der Waals surface area (Å²) in [5.41, 5.74) is 10.8. The van der Waals surface area contributed by atoms with Crippen molar-refractivity contribution in [3.05, 3.63) is 65.2 Å². The van der Waals surface area contributed by atoms with Crippen molar-refractivity contribution in [2.24, 2.45) is 10.7 Å². The Labute approximate surface area is 155 Å². The standard InChI is InChI=1S/C21H28N4O/c1-16-6-8-19(9-7-16)24-21(22)23-15-20(25-10-12-26-13-11-25)18-5-3-4-17(2)14-18/h3-9,14,20H,10-13,15H2,1-2H3,(H3,22,23,24). The van der Waals surface area contributed by atoms with Crippen LogP contribution in [0.1, 0.15) is 22.7 Å².